The molecule has 0 atom stereocenters. The molecule has 1 aromatic carbocycles. The van der Waals surface area contributed by atoms with Crippen molar-refractivity contribution < 1.29 is 13.2 Å². The molecular weight excluding hydrogens is 322 g/mol. The van der Waals surface area contributed by atoms with Crippen LogP contribution in [0.5, 0.6) is 0 Å². The van der Waals surface area contributed by atoms with E-state index < -0.39 is 9.84 Å². The summed E-state index contributed by atoms with van der Waals surface area (Å²) >= 11 is 6.29. The predicted octanol–water partition coefficient (Wildman–Crippen LogP) is 2.83. The van der Waals surface area contributed by atoms with E-state index in [-0.39, 0.29) is 23.3 Å². The van der Waals surface area contributed by atoms with Crippen LogP contribution in [0.1, 0.15) is 31.2 Å². The molecule has 0 radical (unpaired) electrons. The van der Waals surface area contributed by atoms with Crippen molar-refractivity contribution >= 4 is 33.0 Å². The third-order valence-electron chi connectivity index (χ3n) is 4.61. The molecule has 1 aromatic rings. The summed E-state index contributed by atoms with van der Waals surface area (Å²) in [4.78, 5) is 14.7. The minimum atomic E-state index is -2.95. The molecule has 0 bridgehead atoms. The van der Waals surface area contributed by atoms with Gasteiger partial charge < -0.3 is 4.90 Å². The lowest BCUT2D eigenvalue weighted by atomic mass is 10.00. The lowest BCUT2D eigenvalue weighted by Gasteiger charge is -2.29. The van der Waals surface area contributed by atoms with Gasteiger partial charge in [-0.2, -0.15) is 0 Å². The van der Waals surface area contributed by atoms with Crippen LogP contribution in [0.3, 0.4) is 0 Å². The average molecular weight is 342 g/mol. The van der Waals surface area contributed by atoms with Crippen molar-refractivity contribution in [1.29, 1.82) is 0 Å². The van der Waals surface area contributed by atoms with E-state index >= 15 is 0 Å². The fraction of sp³-hybridized carbons (Fsp3) is 0.562. The highest BCUT2D eigenvalue weighted by molar-refractivity contribution is 7.91. The smallest absolute Gasteiger partial charge is 0.230 e. The average Bonchev–Trinajstić information content (AvgIpc) is 2.70. The zero-order valence-corrected chi connectivity index (χ0v) is 14.0. The van der Waals surface area contributed by atoms with Crippen molar-refractivity contribution in [2.75, 3.05) is 23.0 Å². The van der Waals surface area contributed by atoms with Crippen molar-refractivity contribution in [3.63, 3.8) is 0 Å². The maximum atomic E-state index is 12.9. The molecule has 1 saturated heterocycles. The fourth-order valence-electron chi connectivity index (χ4n) is 3.33. The lowest BCUT2D eigenvalue weighted by Crippen LogP contribution is -2.40. The van der Waals surface area contributed by atoms with Crippen LogP contribution in [-0.2, 0) is 21.1 Å². The zero-order chi connectivity index (χ0) is 15.7. The monoisotopic (exact) mass is 341 g/mol. The molecule has 2 aliphatic rings. The topological polar surface area (TPSA) is 54.5 Å². The number of rotatable bonds is 1. The Balaban J connectivity index is 1.86. The maximum Gasteiger partial charge on any atom is 0.230 e. The molecule has 4 nitrogen and oxygen atoms in total. The molecule has 22 heavy (non-hydrogen) atoms. The van der Waals surface area contributed by atoms with Gasteiger partial charge in [0.1, 0.15) is 9.84 Å². The summed E-state index contributed by atoms with van der Waals surface area (Å²) < 4.78 is 23.1. The Hall–Kier alpha value is -1.07. The van der Waals surface area contributed by atoms with E-state index in [9.17, 15) is 13.2 Å². The first-order valence-electron chi connectivity index (χ1n) is 7.77. The Bertz CT molecular complexity index is 673. The van der Waals surface area contributed by atoms with E-state index in [0.29, 0.717) is 24.4 Å². The van der Waals surface area contributed by atoms with Crippen LogP contribution in [0.2, 0.25) is 5.02 Å². The van der Waals surface area contributed by atoms with Gasteiger partial charge in [-0.25, -0.2) is 8.42 Å². The molecule has 2 aliphatic heterocycles. The van der Waals surface area contributed by atoms with Crippen molar-refractivity contribution in [1.82, 2.24) is 0 Å². The van der Waals surface area contributed by atoms with Crippen LogP contribution in [-0.4, -0.2) is 32.4 Å². The van der Waals surface area contributed by atoms with Gasteiger partial charge in [0.2, 0.25) is 5.91 Å². The van der Waals surface area contributed by atoms with Crippen LogP contribution >= 0.6 is 11.6 Å². The van der Waals surface area contributed by atoms with Crippen LogP contribution in [0.4, 0.5) is 5.69 Å². The third-order valence-corrected chi connectivity index (χ3v) is 6.68. The highest BCUT2D eigenvalue weighted by atomic mass is 35.5. The van der Waals surface area contributed by atoms with Crippen molar-refractivity contribution in [2.24, 2.45) is 5.92 Å². The van der Waals surface area contributed by atoms with Gasteiger partial charge in [0, 0.05) is 23.2 Å². The van der Waals surface area contributed by atoms with Gasteiger partial charge in [0.25, 0.3) is 0 Å². The molecule has 2 heterocycles. The number of halogens is 1. The molecule has 1 fully saturated rings. The Labute approximate surface area is 136 Å². The van der Waals surface area contributed by atoms with Crippen LogP contribution in [0, 0.1) is 5.92 Å². The predicted molar refractivity (Wildman–Crippen MR) is 88.1 cm³/mol. The van der Waals surface area contributed by atoms with E-state index in [1.54, 1.807) is 0 Å². The summed E-state index contributed by atoms with van der Waals surface area (Å²) in [6.45, 7) is 0.690. The Kier molecular flexibility index (Phi) is 4.46. The molecule has 0 aliphatic carbocycles. The van der Waals surface area contributed by atoms with E-state index in [4.69, 9.17) is 11.6 Å². The first kappa shape index (κ1) is 15.8. The number of anilines is 1. The van der Waals surface area contributed by atoms with Crippen molar-refractivity contribution in [3.8, 4) is 0 Å². The Morgan fingerprint density at radius 3 is 2.64 bits per heavy atom. The number of amides is 1. The molecule has 3 rings (SSSR count). The second-order valence-corrected chi connectivity index (χ2v) is 8.82. The molecule has 0 spiro atoms. The molecule has 0 unspecified atom stereocenters. The van der Waals surface area contributed by atoms with Gasteiger partial charge in [0.05, 0.1) is 11.5 Å². The summed E-state index contributed by atoms with van der Waals surface area (Å²) in [5.74, 6) is 0.119. The third kappa shape index (κ3) is 3.15. The number of carbonyl (C=O) groups excluding carboxylic acids is 1. The SMILES string of the molecule is O=C(C1CCS(=O)(=O)CC1)N1CCCCc2c(Cl)cccc21. The van der Waals surface area contributed by atoms with E-state index in [2.05, 4.69) is 0 Å². The molecule has 0 aromatic heterocycles. The molecule has 120 valence electrons. The number of hydrogen-bond acceptors (Lipinski definition) is 3. The quantitative estimate of drug-likeness (QED) is 0.789. The molecule has 0 saturated carbocycles. The minimum Gasteiger partial charge on any atom is -0.312 e. The van der Waals surface area contributed by atoms with E-state index in [1.165, 1.54) is 0 Å². The largest absolute Gasteiger partial charge is 0.312 e. The number of fused-ring (bicyclic) bond motifs is 1. The van der Waals surface area contributed by atoms with Crippen molar-refractivity contribution in [2.45, 2.75) is 32.1 Å². The Morgan fingerprint density at radius 1 is 1.18 bits per heavy atom. The second kappa shape index (κ2) is 6.20. The summed E-state index contributed by atoms with van der Waals surface area (Å²) in [5, 5.41) is 0.712. The van der Waals surface area contributed by atoms with Crippen LogP contribution < -0.4 is 4.90 Å². The fourth-order valence-corrected chi connectivity index (χ4v) is 5.08. The first-order chi connectivity index (χ1) is 10.5. The normalized spacial score (nSPS) is 22.0. The highest BCUT2D eigenvalue weighted by Crippen LogP contribution is 2.34. The van der Waals surface area contributed by atoms with E-state index in [0.717, 1.165) is 30.5 Å². The van der Waals surface area contributed by atoms with Gasteiger partial charge in [0.15, 0.2) is 0 Å². The van der Waals surface area contributed by atoms with E-state index in [1.807, 2.05) is 23.1 Å². The Morgan fingerprint density at radius 2 is 1.91 bits per heavy atom. The number of hydrogen-bond donors (Lipinski definition) is 0. The number of nitrogens with zero attached hydrogens (tertiary/aromatic N) is 1. The van der Waals surface area contributed by atoms with Gasteiger partial charge in [-0.3, -0.25) is 4.79 Å². The number of sulfone groups is 1. The standard InChI is InChI=1S/C16H20ClNO3S/c17-14-5-3-6-15-13(14)4-1-2-9-18(15)16(19)12-7-10-22(20,21)11-8-12/h3,5-6,12H,1-2,4,7-11H2. The molecule has 6 heteroatoms. The second-order valence-electron chi connectivity index (χ2n) is 6.11. The van der Waals surface area contributed by atoms with Crippen LogP contribution in [0.15, 0.2) is 18.2 Å². The number of benzene rings is 1. The number of carbonyl (C=O) groups is 1. The van der Waals surface area contributed by atoms with Crippen LogP contribution in [0.25, 0.3) is 0 Å². The molecule has 0 N–H and O–H groups in total. The summed E-state index contributed by atoms with van der Waals surface area (Å²) in [6.07, 6.45) is 3.72. The summed E-state index contributed by atoms with van der Waals surface area (Å²) in [6, 6.07) is 5.68. The highest BCUT2D eigenvalue weighted by Gasteiger charge is 2.33. The van der Waals surface area contributed by atoms with Gasteiger partial charge in [-0.15, -0.1) is 0 Å². The van der Waals surface area contributed by atoms with Gasteiger partial charge >= 0.3 is 0 Å². The van der Waals surface area contributed by atoms with Gasteiger partial charge in [-0.05, 0) is 49.8 Å². The molecule has 1 amide bonds. The first-order valence-corrected chi connectivity index (χ1v) is 9.97. The van der Waals surface area contributed by atoms with Gasteiger partial charge in [-0.1, -0.05) is 17.7 Å². The lowest BCUT2D eigenvalue weighted by molar-refractivity contribution is -0.122. The summed E-state index contributed by atoms with van der Waals surface area (Å²) in [7, 11) is -2.95. The minimum absolute atomic E-state index is 0.0558. The maximum absolute atomic E-state index is 12.9. The zero-order valence-electron chi connectivity index (χ0n) is 12.4. The molecular formula is C16H20ClNO3S. The van der Waals surface area contributed by atoms with Crippen molar-refractivity contribution in [3.05, 3.63) is 28.8 Å². The summed E-state index contributed by atoms with van der Waals surface area (Å²) in [5.41, 5.74) is 1.95.